The van der Waals surface area contributed by atoms with E-state index in [0.29, 0.717) is 36.7 Å². The predicted molar refractivity (Wildman–Crippen MR) is 109 cm³/mol. The van der Waals surface area contributed by atoms with Gasteiger partial charge in [-0.05, 0) is 43.9 Å². The van der Waals surface area contributed by atoms with Crippen molar-refractivity contribution in [3.8, 4) is 0 Å². The van der Waals surface area contributed by atoms with Crippen LogP contribution in [0.5, 0.6) is 0 Å². The second-order valence-electron chi connectivity index (χ2n) is 8.41. The Bertz CT molecular complexity index is 1230. The number of hydrogen-bond donors (Lipinski definition) is 2. The summed E-state index contributed by atoms with van der Waals surface area (Å²) in [7, 11) is -3.33. The molecular weight excluding hydrogens is 406 g/mol. The van der Waals surface area contributed by atoms with Crippen molar-refractivity contribution in [1.82, 2.24) is 24.7 Å². The average Bonchev–Trinajstić information content (AvgIpc) is 3.42. The lowest BCUT2D eigenvalue weighted by molar-refractivity contribution is 0.0936. The van der Waals surface area contributed by atoms with Crippen LogP contribution in [0.1, 0.15) is 34.9 Å². The second kappa shape index (κ2) is 6.64. The van der Waals surface area contributed by atoms with Crippen molar-refractivity contribution in [2.24, 2.45) is 5.92 Å². The average molecular weight is 430 g/mol. The third kappa shape index (κ3) is 3.02. The molecule has 0 bridgehead atoms. The number of nitrogens with one attached hydrogen (secondary N) is 2. The molecule has 1 aromatic carbocycles. The molecule has 3 aromatic rings. The van der Waals surface area contributed by atoms with Crippen molar-refractivity contribution in [2.45, 2.75) is 31.2 Å². The van der Waals surface area contributed by atoms with Crippen LogP contribution in [0.3, 0.4) is 0 Å². The molecule has 5 rings (SSSR count). The first-order chi connectivity index (χ1) is 14.3. The number of sulfonamides is 1. The highest BCUT2D eigenvalue weighted by molar-refractivity contribution is 7.88. The molecule has 1 aliphatic carbocycles. The topological polar surface area (TPSA) is 121 Å². The number of carbonyl (C=O) groups excluding carboxylic acids is 1. The van der Waals surface area contributed by atoms with Gasteiger partial charge in [-0.3, -0.25) is 4.79 Å². The highest BCUT2D eigenvalue weighted by Gasteiger charge is 2.59. The molecule has 0 spiro atoms. The molecule has 2 fully saturated rings. The molecule has 0 radical (unpaired) electrons. The number of nitrogens with zero attached hydrogens (tertiary/aromatic N) is 3. The Morgan fingerprint density at radius 3 is 2.93 bits per heavy atom. The quantitative estimate of drug-likeness (QED) is 0.650. The molecule has 3 atom stereocenters. The SMILES string of the molecule is Cc1noc([C@]23C[C@H](NC(=O)c4cccc5[nH]ccc45)C[C@H]2CN(S(C)(=O)=O)C3)n1. The fourth-order valence-corrected chi connectivity index (χ4v) is 5.98. The van der Waals surface area contributed by atoms with Crippen LogP contribution in [0, 0.1) is 12.8 Å². The van der Waals surface area contributed by atoms with Crippen LogP contribution in [0.15, 0.2) is 35.0 Å². The van der Waals surface area contributed by atoms with Gasteiger partial charge in [-0.1, -0.05) is 11.2 Å². The van der Waals surface area contributed by atoms with Gasteiger partial charge in [-0.25, -0.2) is 12.7 Å². The maximum absolute atomic E-state index is 13.0. The summed E-state index contributed by atoms with van der Waals surface area (Å²) in [4.78, 5) is 20.6. The first-order valence-electron chi connectivity index (χ1n) is 9.89. The Balaban J connectivity index is 1.42. The van der Waals surface area contributed by atoms with Gasteiger partial charge >= 0.3 is 0 Å². The minimum Gasteiger partial charge on any atom is -0.361 e. The molecule has 2 aliphatic rings. The fraction of sp³-hybridized carbons (Fsp3) is 0.450. The molecule has 1 saturated carbocycles. The minimum absolute atomic E-state index is 0.000394. The zero-order valence-electron chi connectivity index (χ0n) is 16.8. The third-order valence-electron chi connectivity index (χ3n) is 6.44. The lowest BCUT2D eigenvalue weighted by Gasteiger charge is -2.24. The highest BCUT2D eigenvalue weighted by Crippen LogP contribution is 2.50. The number of carbonyl (C=O) groups is 1. The van der Waals surface area contributed by atoms with Crippen molar-refractivity contribution in [3.05, 3.63) is 47.7 Å². The number of hydrogen-bond acceptors (Lipinski definition) is 6. The molecule has 9 nitrogen and oxygen atoms in total. The van der Waals surface area contributed by atoms with Crippen LogP contribution in [0.25, 0.3) is 10.9 Å². The van der Waals surface area contributed by atoms with Gasteiger partial charge in [0, 0.05) is 41.8 Å². The number of benzene rings is 1. The lowest BCUT2D eigenvalue weighted by atomic mass is 9.80. The lowest BCUT2D eigenvalue weighted by Crippen LogP contribution is -2.39. The molecule has 158 valence electrons. The largest absolute Gasteiger partial charge is 0.361 e. The van der Waals surface area contributed by atoms with E-state index in [1.54, 1.807) is 6.92 Å². The monoisotopic (exact) mass is 429 g/mol. The van der Waals surface area contributed by atoms with E-state index in [-0.39, 0.29) is 24.4 Å². The minimum atomic E-state index is -3.33. The summed E-state index contributed by atoms with van der Waals surface area (Å²) < 4.78 is 31.3. The summed E-state index contributed by atoms with van der Waals surface area (Å²) in [6.07, 6.45) is 4.24. The van der Waals surface area contributed by atoms with Crippen molar-refractivity contribution in [2.75, 3.05) is 19.3 Å². The van der Waals surface area contributed by atoms with Gasteiger partial charge in [-0.15, -0.1) is 0 Å². The number of aromatic amines is 1. The van der Waals surface area contributed by atoms with Crippen LogP contribution in [0.2, 0.25) is 0 Å². The Morgan fingerprint density at radius 2 is 2.20 bits per heavy atom. The first kappa shape index (κ1) is 19.3. The van der Waals surface area contributed by atoms with E-state index < -0.39 is 15.4 Å². The maximum atomic E-state index is 13.0. The number of rotatable bonds is 4. The van der Waals surface area contributed by atoms with Gasteiger partial charge in [-0.2, -0.15) is 4.98 Å². The van der Waals surface area contributed by atoms with Gasteiger partial charge in [0.2, 0.25) is 15.9 Å². The van der Waals surface area contributed by atoms with E-state index in [9.17, 15) is 13.2 Å². The predicted octanol–water partition coefficient (Wildman–Crippen LogP) is 1.58. The number of aromatic nitrogens is 3. The van der Waals surface area contributed by atoms with Crippen molar-refractivity contribution in [3.63, 3.8) is 0 Å². The summed E-state index contributed by atoms with van der Waals surface area (Å²) in [6, 6.07) is 7.37. The van der Waals surface area contributed by atoms with Crippen LogP contribution in [0.4, 0.5) is 0 Å². The molecule has 1 amide bonds. The van der Waals surface area contributed by atoms with Crippen molar-refractivity contribution < 1.29 is 17.7 Å². The van der Waals surface area contributed by atoms with Crippen LogP contribution < -0.4 is 5.32 Å². The number of H-pyrrole nitrogens is 1. The van der Waals surface area contributed by atoms with Gasteiger partial charge in [0.25, 0.3) is 5.91 Å². The van der Waals surface area contributed by atoms with Crippen molar-refractivity contribution >= 4 is 26.8 Å². The Morgan fingerprint density at radius 1 is 1.37 bits per heavy atom. The Kier molecular flexibility index (Phi) is 4.26. The Labute approximate surface area is 173 Å². The van der Waals surface area contributed by atoms with Crippen LogP contribution in [-0.4, -0.2) is 59.1 Å². The molecule has 1 aliphatic heterocycles. The summed E-state index contributed by atoms with van der Waals surface area (Å²) >= 11 is 0. The van der Waals surface area contributed by atoms with Crippen molar-refractivity contribution in [1.29, 1.82) is 0 Å². The third-order valence-corrected chi connectivity index (χ3v) is 7.66. The highest BCUT2D eigenvalue weighted by atomic mass is 32.2. The van der Waals surface area contributed by atoms with Gasteiger partial charge in [0.1, 0.15) is 0 Å². The number of aryl methyl sites for hydroxylation is 1. The first-order valence-corrected chi connectivity index (χ1v) is 11.7. The van der Waals surface area contributed by atoms with E-state index >= 15 is 0 Å². The summed E-state index contributed by atoms with van der Waals surface area (Å²) in [5, 5.41) is 7.94. The van der Waals surface area contributed by atoms with E-state index in [0.717, 1.165) is 10.9 Å². The van der Waals surface area contributed by atoms with Gasteiger partial charge in [0.15, 0.2) is 5.82 Å². The summed E-state index contributed by atoms with van der Waals surface area (Å²) in [5.74, 6) is 0.839. The zero-order valence-corrected chi connectivity index (χ0v) is 17.6. The van der Waals surface area contributed by atoms with Crippen LogP contribution >= 0.6 is 0 Å². The second-order valence-corrected chi connectivity index (χ2v) is 10.4. The van der Waals surface area contributed by atoms with E-state index in [2.05, 4.69) is 20.4 Å². The normalized spacial score (nSPS) is 26.9. The van der Waals surface area contributed by atoms with Gasteiger partial charge in [0.05, 0.1) is 11.7 Å². The molecule has 2 N–H and O–H groups in total. The fourth-order valence-electron chi connectivity index (χ4n) is 5.06. The molecular formula is C20H23N5O4S. The molecule has 10 heteroatoms. The molecule has 0 unspecified atom stereocenters. The van der Waals surface area contributed by atoms with E-state index in [4.69, 9.17) is 4.52 Å². The smallest absolute Gasteiger partial charge is 0.252 e. The van der Waals surface area contributed by atoms with E-state index in [1.807, 2.05) is 30.5 Å². The molecule has 30 heavy (non-hydrogen) atoms. The molecule has 2 aromatic heterocycles. The van der Waals surface area contributed by atoms with Gasteiger partial charge < -0.3 is 14.8 Å². The summed E-state index contributed by atoms with van der Waals surface area (Å²) in [5.41, 5.74) is 0.946. The molecule has 3 heterocycles. The number of amides is 1. The standard InChI is InChI=1S/C20H23N5O4S/c1-12-22-19(29-24-12)20-9-14(8-13(20)10-25(11-20)30(2,27)28)23-18(26)16-4-3-5-17-15(16)6-7-21-17/h3-7,13-14,21H,8-11H2,1-2H3,(H,23,26)/t13-,14+,20-/m0/s1. The molecule has 1 saturated heterocycles. The van der Waals surface area contributed by atoms with E-state index in [1.165, 1.54) is 10.6 Å². The maximum Gasteiger partial charge on any atom is 0.252 e. The zero-order chi connectivity index (χ0) is 21.1. The summed E-state index contributed by atoms with van der Waals surface area (Å²) in [6.45, 7) is 2.42. The number of fused-ring (bicyclic) bond motifs is 2. The Hall–Kier alpha value is -2.72. The van der Waals surface area contributed by atoms with Crippen LogP contribution in [-0.2, 0) is 15.4 Å².